The minimum atomic E-state index is -0.652. The summed E-state index contributed by atoms with van der Waals surface area (Å²) in [5.41, 5.74) is 6.32. The summed E-state index contributed by atoms with van der Waals surface area (Å²) < 4.78 is 23.3. The van der Waals surface area contributed by atoms with Gasteiger partial charge in [-0.05, 0) is 54.2 Å². The second-order valence-corrected chi connectivity index (χ2v) is 11.8. The van der Waals surface area contributed by atoms with Crippen LogP contribution in [0.15, 0.2) is 126 Å². The molecule has 1 aliphatic carbocycles. The number of Topliss-reactive ketones (excluding diaryl/α,β-unsaturated/α-hetero) is 1. The molecule has 0 saturated carbocycles. The van der Waals surface area contributed by atoms with Crippen LogP contribution in [0.3, 0.4) is 0 Å². The van der Waals surface area contributed by atoms with Gasteiger partial charge < -0.3 is 24.3 Å². The zero-order valence-electron chi connectivity index (χ0n) is 27.0. The maximum absolute atomic E-state index is 14.3. The number of hydrogen-bond acceptors (Lipinski definition) is 7. The van der Waals surface area contributed by atoms with Crippen LogP contribution in [0.5, 0.6) is 17.2 Å². The summed E-state index contributed by atoms with van der Waals surface area (Å²) in [7, 11) is 3.21. The summed E-state index contributed by atoms with van der Waals surface area (Å²) >= 11 is 0. The Bertz CT molecular complexity index is 1810. The second-order valence-electron chi connectivity index (χ2n) is 11.8. The van der Waals surface area contributed by atoms with E-state index in [0.717, 1.165) is 28.0 Å². The number of rotatable bonds is 11. The summed E-state index contributed by atoms with van der Waals surface area (Å²) in [4.78, 5) is 28.2. The number of allylic oxidation sites excluding steroid dienone is 3. The van der Waals surface area contributed by atoms with E-state index in [1.165, 1.54) is 0 Å². The lowest BCUT2D eigenvalue weighted by Crippen LogP contribution is -2.36. The number of benzene rings is 4. The fourth-order valence-electron chi connectivity index (χ4n) is 6.53. The van der Waals surface area contributed by atoms with E-state index in [4.69, 9.17) is 18.9 Å². The lowest BCUT2D eigenvalue weighted by Gasteiger charge is -2.37. The van der Waals surface area contributed by atoms with Gasteiger partial charge in [0.2, 0.25) is 0 Å². The molecule has 0 amide bonds. The van der Waals surface area contributed by atoms with Crippen molar-refractivity contribution in [2.75, 3.05) is 20.8 Å². The molecule has 4 aromatic rings. The highest BCUT2D eigenvalue weighted by Gasteiger charge is 2.42. The molecular weight excluding hydrogens is 590 g/mol. The van der Waals surface area contributed by atoms with E-state index >= 15 is 0 Å². The van der Waals surface area contributed by atoms with Crippen LogP contribution in [0, 0.1) is 0 Å². The van der Waals surface area contributed by atoms with Crippen molar-refractivity contribution in [2.24, 2.45) is 0 Å². The molecular formula is C40H39NO6. The molecule has 7 heteroatoms. The first-order valence-corrected chi connectivity index (χ1v) is 15.9. The van der Waals surface area contributed by atoms with Gasteiger partial charge in [-0.1, -0.05) is 84.9 Å². The summed E-state index contributed by atoms with van der Waals surface area (Å²) in [5.74, 6) is 0.668. The molecule has 0 fully saturated rings. The predicted octanol–water partition coefficient (Wildman–Crippen LogP) is 7.43. The van der Waals surface area contributed by atoms with Gasteiger partial charge in [-0.15, -0.1) is 0 Å². The van der Waals surface area contributed by atoms with Crippen molar-refractivity contribution in [2.45, 2.75) is 44.6 Å². The first-order chi connectivity index (χ1) is 23.0. The number of carbonyl (C=O) groups excluding carboxylic acids is 2. The van der Waals surface area contributed by atoms with Gasteiger partial charge in [-0.2, -0.15) is 0 Å². The molecule has 2 aliphatic rings. The molecule has 7 nitrogen and oxygen atoms in total. The lowest BCUT2D eigenvalue weighted by atomic mass is 9.71. The third-order valence-electron chi connectivity index (χ3n) is 8.86. The number of ether oxygens (including phenoxy) is 4. The molecule has 6 rings (SSSR count). The van der Waals surface area contributed by atoms with Crippen molar-refractivity contribution < 1.29 is 28.5 Å². The number of hydrogen-bond donors (Lipinski definition) is 1. The van der Waals surface area contributed by atoms with E-state index in [1.807, 2.05) is 110 Å². The van der Waals surface area contributed by atoms with Gasteiger partial charge in [0.05, 0.1) is 32.3 Å². The van der Waals surface area contributed by atoms with Crippen molar-refractivity contribution in [1.29, 1.82) is 0 Å². The zero-order chi connectivity index (χ0) is 32.8. The third-order valence-corrected chi connectivity index (χ3v) is 8.86. The Balaban J connectivity index is 1.35. The number of esters is 1. The average molecular weight is 630 g/mol. The van der Waals surface area contributed by atoms with Gasteiger partial charge in [0.15, 0.2) is 17.3 Å². The van der Waals surface area contributed by atoms with E-state index in [-0.39, 0.29) is 24.7 Å². The lowest BCUT2D eigenvalue weighted by molar-refractivity contribution is -0.139. The Morgan fingerprint density at radius 2 is 1.47 bits per heavy atom. The highest BCUT2D eigenvalue weighted by atomic mass is 16.5. The summed E-state index contributed by atoms with van der Waals surface area (Å²) in [5, 5.41) is 3.46. The first kappa shape index (κ1) is 31.7. The van der Waals surface area contributed by atoms with Crippen LogP contribution in [0.2, 0.25) is 0 Å². The van der Waals surface area contributed by atoms with Crippen LogP contribution in [0.1, 0.15) is 53.9 Å². The molecule has 240 valence electrons. The van der Waals surface area contributed by atoms with Crippen LogP contribution < -0.4 is 19.5 Å². The topological polar surface area (TPSA) is 83.1 Å². The van der Waals surface area contributed by atoms with Crippen LogP contribution in [0.4, 0.5) is 0 Å². The molecule has 47 heavy (non-hydrogen) atoms. The largest absolute Gasteiger partial charge is 0.493 e. The minimum Gasteiger partial charge on any atom is -0.493 e. The molecule has 0 spiro atoms. The number of nitrogens with one attached hydrogen (secondary N) is 1. The predicted molar refractivity (Wildman–Crippen MR) is 180 cm³/mol. The highest BCUT2D eigenvalue weighted by Crippen LogP contribution is 2.48. The zero-order valence-corrected chi connectivity index (χ0v) is 27.0. The SMILES string of the molecule is COc1ccc([C@H]2CC(=O)C3=C(C2)NC(C)=C(C(=O)OCCc2ccccc2)[C@@H]3c2ccccc2OCc2ccccc2)cc1OC. The van der Waals surface area contributed by atoms with Gasteiger partial charge >= 0.3 is 5.97 Å². The third kappa shape index (κ3) is 6.94. The number of dihydropyridines is 1. The molecule has 0 radical (unpaired) electrons. The van der Waals surface area contributed by atoms with Gasteiger partial charge in [0, 0.05) is 35.4 Å². The summed E-state index contributed by atoms with van der Waals surface area (Å²) in [6.07, 6.45) is 1.47. The molecule has 2 atom stereocenters. The molecule has 0 saturated heterocycles. The Labute approximate surface area is 275 Å². The Hall–Kier alpha value is -5.30. The molecule has 4 aromatic carbocycles. The quantitative estimate of drug-likeness (QED) is 0.173. The van der Waals surface area contributed by atoms with Gasteiger partial charge in [0.1, 0.15) is 12.4 Å². The fourth-order valence-corrected chi connectivity index (χ4v) is 6.53. The molecule has 1 N–H and O–H groups in total. The van der Waals surface area contributed by atoms with Gasteiger partial charge in [-0.25, -0.2) is 4.79 Å². The Morgan fingerprint density at radius 1 is 0.787 bits per heavy atom. The molecule has 0 unspecified atom stereocenters. The van der Waals surface area contributed by atoms with Crippen LogP contribution in [-0.2, 0) is 27.4 Å². The van der Waals surface area contributed by atoms with Crippen molar-refractivity contribution in [3.63, 3.8) is 0 Å². The van der Waals surface area contributed by atoms with E-state index in [0.29, 0.717) is 53.5 Å². The molecule has 1 heterocycles. The Morgan fingerprint density at radius 3 is 2.19 bits per heavy atom. The summed E-state index contributed by atoms with van der Waals surface area (Å²) in [6.45, 7) is 2.45. The number of ketones is 1. The number of para-hydroxylation sites is 1. The number of carbonyl (C=O) groups is 2. The first-order valence-electron chi connectivity index (χ1n) is 15.9. The van der Waals surface area contributed by atoms with Crippen LogP contribution in [-0.4, -0.2) is 32.6 Å². The van der Waals surface area contributed by atoms with E-state index in [1.54, 1.807) is 14.2 Å². The van der Waals surface area contributed by atoms with E-state index in [9.17, 15) is 9.59 Å². The average Bonchev–Trinajstić information content (AvgIpc) is 3.10. The van der Waals surface area contributed by atoms with E-state index < -0.39 is 11.9 Å². The van der Waals surface area contributed by atoms with Gasteiger partial charge in [-0.3, -0.25) is 4.79 Å². The normalized spacial score (nSPS) is 17.5. The van der Waals surface area contributed by atoms with Crippen molar-refractivity contribution >= 4 is 11.8 Å². The molecule has 0 aromatic heterocycles. The second kappa shape index (κ2) is 14.4. The number of methoxy groups -OCH3 is 2. The molecule has 1 aliphatic heterocycles. The van der Waals surface area contributed by atoms with Crippen molar-refractivity contribution in [1.82, 2.24) is 5.32 Å². The van der Waals surface area contributed by atoms with Crippen LogP contribution >= 0.6 is 0 Å². The Kier molecular flexibility index (Phi) is 9.72. The summed E-state index contributed by atoms with van der Waals surface area (Å²) in [6, 6.07) is 33.3. The maximum Gasteiger partial charge on any atom is 0.336 e. The maximum atomic E-state index is 14.3. The highest BCUT2D eigenvalue weighted by molar-refractivity contribution is 6.04. The molecule has 0 bridgehead atoms. The fraction of sp³-hybridized carbons (Fsp3) is 0.250. The van der Waals surface area contributed by atoms with E-state index in [2.05, 4.69) is 5.32 Å². The minimum absolute atomic E-state index is 0.0246. The van der Waals surface area contributed by atoms with Crippen molar-refractivity contribution in [3.8, 4) is 17.2 Å². The van der Waals surface area contributed by atoms with Crippen molar-refractivity contribution in [3.05, 3.63) is 148 Å². The monoisotopic (exact) mass is 629 g/mol. The smallest absolute Gasteiger partial charge is 0.336 e. The van der Waals surface area contributed by atoms with Gasteiger partial charge in [0.25, 0.3) is 0 Å². The van der Waals surface area contributed by atoms with Crippen LogP contribution in [0.25, 0.3) is 0 Å². The standard InChI is InChI=1S/C40H39NO6/c1-26-37(40(43)46-21-20-27-12-6-4-7-13-27)38(31-16-10-11-17-34(31)47-25-28-14-8-5-9-15-28)39-32(41-26)22-30(23-33(39)42)29-18-19-35(44-2)36(24-29)45-3/h4-19,24,30,38,41H,20-23,25H2,1-3H3/t30-,38+/m1/s1.